The maximum atomic E-state index is 13.0. The second-order valence-electron chi connectivity index (χ2n) is 7.53. The maximum absolute atomic E-state index is 13.0. The number of ether oxygens (including phenoxy) is 3. The second kappa shape index (κ2) is 8.76. The first-order chi connectivity index (χ1) is 13.7. The number of carbonyl (C=O) groups is 1. The Labute approximate surface area is 166 Å². The van der Waals surface area contributed by atoms with Crippen LogP contribution in [0.3, 0.4) is 0 Å². The van der Waals surface area contributed by atoms with Crippen LogP contribution in [-0.4, -0.2) is 49.3 Å². The largest absolute Gasteiger partial charge is 0.491 e. The molecule has 2 aliphatic rings. The molecule has 2 aliphatic heterocycles. The van der Waals surface area contributed by atoms with E-state index in [2.05, 4.69) is 0 Å². The van der Waals surface area contributed by atoms with E-state index in [1.165, 1.54) is 0 Å². The van der Waals surface area contributed by atoms with Crippen molar-refractivity contribution in [3.63, 3.8) is 0 Å². The number of amides is 1. The van der Waals surface area contributed by atoms with Gasteiger partial charge in [0.05, 0.1) is 18.8 Å². The molecular formula is C23H27NO4. The van der Waals surface area contributed by atoms with Crippen LogP contribution in [-0.2, 0) is 9.47 Å². The highest BCUT2D eigenvalue weighted by atomic mass is 16.5. The third-order valence-electron chi connectivity index (χ3n) is 5.28. The first-order valence-electron chi connectivity index (χ1n) is 10.0. The summed E-state index contributed by atoms with van der Waals surface area (Å²) in [5, 5.41) is 0. The van der Waals surface area contributed by atoms with E-state index in [9.17, 15) is 4.79 Å². The molecule has 2 heterocycles. The number of morpholine rings is 1. The van der Waals surface area contributed by atoms with Gasteiger partial charge in [-0.3, -0.25) is 4.79 Å². The molecule has 0 bridgehead atoms. The number of nitrogens with zero attached hydrogens (tertiary/aromatic N) is 1. The molecule has 28 heavy (non-hydrogen) atoms. The van der Waals surface area contributed by atoms with Crippen molar-refractivity contribution >= 4 is 5.91 Å². The lowest BCUT2D eigenvalue weighted by atomic mass is 10.1. The van der Waals surface area contributed by atoms with Crippen LogP contribution in [0.5, 0.6) is 5.75 Å². The van der Waals surface area contributed by atoms with Crippen molar-refractivity contribution in [1.29, 1.82) is 0 Å². The Morgan fingerprint density at radius 1 is 1.11 bits per heavy atom. The molecule has 2 aromatic rings. The zero-order chi connectivity index (χ0) is 19.3. The Bertz CT molecular complexity index is 771. The normalized spacial score (nSPS) is 24.9. The van der Waals surface area contributed by atoms with E-state index >= 15 is 0 Å². The molecule has 5 nitrogen and oxygen atoms in total. The van der Waals surface area contributed by atoms with Gasteiger partial charge in [-0.25, -0.2) is 0 Å². The molecule has 0 aromatic heterocycles. The van der Waals surface area contributed by atoms with Crippen molar-refractivity contribution in [2.75, 3.05) is 26.3 Å². The lowest BCUT2D eigenvalue weighted by molar-refractivity contribution is -0.0691. The molecule has 0 saturated carbocycles. The third-order valence-corrected chi connectivity index (χ3v) is 5.28. The van der Waals surface area contributed by atoms with Gasteiger partial charge < -0.3 is 19.1 Å². The van der Waals surface area contributed by atoms with Crippen LogP contribution in [0.4, 0.5) is 0 Å². The molecule has 4 rings (SSSR count). The van der Waals surface area contributed by atoms with Crippen LogP contribution >= 0.6 is 0 Å². The van der Waals surface area contributed by atoms with E-state index in [1.54, 1.807) is 0 Å². The van der Waals surface area contributed by atoms with Gasteiger partial charge in [0.15, 0.2) is 0 Å². The summed E-state index contributed by atoms with van der Waals surface area (Å²) < 4.78 is 17.4. The van der Waals surface area contributed by atoms with Gasteiger partial charge in [0.2, 0.25) is 0 Å². The van der Waals surface area contributed by atoms with Crippen LogP contribution < -0.4 is 4.74 Å². The molecule has 1 amide bonds. The molecule has 0 aliphatic carbocycles. The minimum absolute atomic E-state index is 0.00285. The quantitative estimate of drug-likeness (QED) is 0.789. The molecular weight excluding hydrogens is 354 g/mol. The van der Waals surface area contributed by atoms with Gasteiger partial charge in [0.25, 0.3) is 5.91 Å². The van der Waals surface area contributed by atoms with Crippen molar-refractivity contribution in [1.82, 2.24) is 4.90 Å². The minimum Gasteiger partial charge on any atom is -0.491 e. The number of hydrogen-bond acceptors (Lipinski definition) is 4. The lowest BCUT2D eigenvalue weighted by Gasteiger charge is -2.37. The highest BCUT2D eigenvalue weighted by molar-refractivity contribution is 5.94. The fourth-order valence-electron chi connectivity index (χ4n) is 3.81. The highest BCUT2D eigenvalue weighted by Gasteiger charge is 2.29. The van der Waals surface area contributed by atoms with Gasteiger partial charge >= 0.3 is 0 Å². The van der Waals surface area contributed by atoms with Gasteiger partial charge in [0.1, 0.15) is 18.5 Å². The van der Waals surface area contributed by atoms with Gasteiger partial charge in [-0.05, 0) is 49.6 Å². The van der Waals surface area contributed by atoms with Gasteiger partial charge in [-0.2, -0.15) is 0 Å². The van der Waals surface area contributed by atoms with E-state index < -0.39 is 0 Å². The standard InChI is InChI=1S/C23H27NO4/c1-17-14-24(15-22(28-17)18-6-3-2-4-7-18)23(25)19-9-11-20(12-10-19)27-16-21-8-5-13-26-21/h2-4,6-7,9-12,17,21-22H,5,8,13-16H2,1H3. The fraction of sp³-hybridized carbons (Fsp3) is 0.435. The first-order valence-corrected chi connectivity index (χ1v) is 10.0. The molecule has 0 radical (unpaired) electrons. The fourth-order valence-corrected chi connectivity index (χ4v) is 3.81. The van der Waals surface area contributed by atoms with Gasteiger partial charge in [-0.15, -0.1) is 0 Å². The summed E-state index contributed by atoms with van der Waals surface area (Å²) in [5.74, 6) is 0.798. The van der Waals surface area contributed by atoms with Crippen molar-refractivity contribution in [3.8, 4) is 5.75 Å². The van der Waals surface area contributed by atoms with E-state index in [1.807, 2.05) is 66.4 Å². The summed E-state index contributed by atoms with van der Waals surface area (Å²) in [7, 11) is 0. The molecule has 3 unspecified atom stereocenters. The zero-order valence-corrected chi connectivity index (χ0v) is 16.3. The zero-order valence-electron chi connectivity index (χ0n) is 16.3. The minimum atomic E-state index is -0.0945. The first kappa shape index (κ1) is 19.0. The van der Waals surface area contributed by atoms with E-state index in [4.69, 9.17) is 14.2 Å². The lowest BCUT2D eigenvalue weighted by Crippen LogP contribution is -2.45. The summed E-state index contributed by atoms with van der Waals surface area (Å²) in [6.07, 6.45) is 2.24. The SMILES string of the molecule is CC1CN(C(=O)c2ccc(OCC3CCCO3)cc2)CC(c2ccccc2)O1. The average Bonchev–Trinajstić information content (AvgIpc) is 3.26. The molecule has 148 valence electrons. The monoisotopic (exact) mass is 381 g/mol. The smallest absolute Gasteiger partial charge is 0.254 e. The van der Waals surface area contributed by atoms with Crippen LogP contribution in [0.15, 0.2) is 54.6 Å². The van der Waals surface area contributed by atoms with Crippen molar-refractivity contribution in [2.24, 2.45) is 0 Å². The summed E-state index contributed by atoms with van der Waals surface area (Å²) >= 11 is 0. The number of hydrogen-bond donors (Lipinski definition) is 0. The Balaban J connectivity index is 1.38. The van der Waals surface area contributed by atoms with Gasteiger partial charge in [0, 0.05) is 18.7 Å². The molecule has 5 heteroatoms. The average molecular weight is 381 g/mol. The van der Waals surface area contributed by atoms with E-state index in [-0.39, 0.29) is 24.2 Å². The summed E-state index contributed by atoms with van der Waals surface area (Å²) in [4.78, 5) is 14.9. The summed E-state index contributed by atoms with van der Waals surface area (Å²) in [6, 6.07) is 17.5. The molecule has 2 saturated heterocycles. The third kappa shape index (κ3) is 4.54. The number of benzene rings is 2. The predicted octanol–water partition coefficient (Wildman–Crippen LogP) is 3.85. The Kier molecular flexibility index (Phi) is 5.93. The topological polar surface area (TPSA) is 48.0 Å². The van der Waals surface area contributed by atoms with Gasteiger partial charge in [-0.1, -0.05) is 30.3 Å². The highest BCUT2D eigenvalue weighted by Crippen LogP contribution is 2.26. The number of rotatable bonds is 5. The Morgan fingerprint density at radius 3 is 2.61 bits per heavy atom. The summed E-state index contributed by atoms with van der Waals surface area (Å²) in [6.45, 7) is 4.55. The Morgan fingerprint density at radius 2 is 1.89 bits per heavy atom. The van der Waals surface area contributed by atoms with Crippen LogP contribution in [0.2, 0.25) is 0 Å². The maximum Gasteiger partial charge on any atom is 0.254 e. The van der Waals surface area contributed by atoms with Crippen molar-refractivity contribution in [2.45, 2.75) is 38.1 Å². The second-order valence-corrected chi connectivity index (χ2v) is 7.53. The van der Waals surface area contributed by atoms with Crippen molar-refractivity contribution < 1.29 is 19.0 Å². The molecule has 3 atom stereocenters. The number of carbonyl (C=O) groups excluding carboxylic acids is 1. The summed E-state index contributed by atoms with van der Waals surface area (Å²) in [5.41, 5.74) is 1.77. The van der Waals surface area contributed by atoms with E-state index in [0.29, 0.717) is 25.3 Å². The molecule has 2 fully saturated rings. The van der Waals surface area contributed by atoms with E-state index in [0.717, 1.165) is 30.8 Å². The predicted molar refractivity (Wildman–Crippen MR) is 107 cm³/mol. The molecule has 0 N–H and O–H groups in total. The van der Waals surface area contributed by atoms with Crippen LogP contribution in [0, 0.1) is 0 Å². The van der Waals surface area contributed by atoms with Crippen LogP contribution in [0.1, 0.15) is 41.8 Å². The Hall–Kier alpha value is -2.37. The van der Waals surface area contributed by atoms with Crippen LogP contribution in [0.25, 0.3) is 0 Å². The molecule has 2 aromatic carbocycles. The van der Waals surface area contributed by atoms with Crippen molar-refractivity contribution in [3.05, 3.63) is 65.7 Å². The molecule has 0 spiro atoms.